The van der Waals surface area contributed by atoms with Crippen molar-refractivity contribution in [2.24, 2.45) is 0 Å². The number of rotatable bonds is 3. The van der Waals surface area contributed by atoms with Gasteiger partial charge in [-0.2, -0.15) is 13.2 Å². The number of H-pyrrole nitrogens is 1. The van der Waals surface area contributed by atoms with Crippen molar-refractivity contribution in [2.45, 2.75) is 51.4 Å². The lowest BCUT2D eigenvalue weighted by Crippen LogP contribution is -2.47. The highest BCUT2D eigenvalue weighted by molar-refractivity contribution is 5.92. The van der Waals surface area contributed by atoms with E-state index in [1.807, 2.05) is 0 Å². The van der Waals surface area contributed by atoms with Crippen molar-refractivity contribution in [1.82, 2.24) is 19.9 Å². The summed E-state index contributed by atoms with van der Waals surface area (Å²) in [5.41, 5.74) is -1.73. The Hall–Kier alpha value is -3.57. The van der Waals surface area contributed by atoms with Crippen LogP contribution in [0.2, 0.25) is 0 Å². The number of carbonyl (C=O) groups excluding carboxylic acids is 1. The summed E-state index contributed by atoms with van der Waals surface area (Å²) >= 11 is 0. The number of nitrogens with zero attached hydrogens (tertiary/aromatic N) is 4. The molecular weight excluding hydrogens is 453 g/mol. The van der Waals surface area contributed by atoms with Crippen molar-refractivity contribution >= 4 is 23.1 Å². The van der Waals surface area contributed by atoms with Gasteiger partial charge in [0.05, 0.1) is 29.0 Å². The molecule has 1 atom stereocenters. The summed E-state index contributed by atoms with van der Waals surface area (Å²) in [6, 6.07) is 2.73. The first kappa shape index (κ1) is 23.6. The number of anilines is 1. The molecule has 0 aliphatic carbocycles. The Morgan fingerprint density at radius 1 is 1.35 bits per heavy atom. The zero-order valence-corrected chi connectivity index (χ0v) is 18.9. The molecule has 1 amide bonds. The molecule has 34 heavy (non-hydrogen) atoms. The Morgan fingerprint density at radius 3 is 2.82 bits per heavy atom. The first-order valence-electron chi connectivity index (χ1n) is 10.8. The SMILES string of the molecule is CC(C)(C)OC(=O)N1CCCC(Nc2ncc(C(F)(F)F)c(-c3c[nH]c4c3ccc[n+]4[O-])n2)C1. The number of ether oxygens (including phenoxy) is 1. The van der Waals surface area contributed by atoms with E-state index in [0.29, 0.717) is 36.0 Å². The van der Waals surface area contributed by atoms with Crippen LogP contribution in [0.3, 0.4) is 0 Å². The highest BCUT2D eigenvalue weighted by Gasteiger charge is 2.37. The van der Waals surface area contributed by atoms with Crippen LogP contribution < -0.4 is 10.0 Å². The average molecular weight is 478 g/mol. The number of likely N-dealkylation sites (tertiary alicyclic amines) is 1. The summed E-state index contributed by atoms with van der Waals surface area (Å²) in [5, 5.41) is 15.3. The van der Waals surface area contributed by atoms with Crippen molar-refractivity contribution in [1.29, 1.82) is 0 Å². The first-order chi connectivity index (χ1) is 15.9. The average Bonchev–Trinajstić information content (AvgIpc) is 3.17. The summed E-state index contributed by atoms with van der Waals surface area (Å²) in [5.74, 6) is -0.000630. The van der Waals surface area contributed by atoms with Gasteiger partial charge in [-0.15, -0.1) is 0 Å². The van der Waals surface area contributed by atoms with Gasteiger partial charge in [0.25, 0.3) is 5.65 Å². The molecule has 12 heteroatoms. The molecule has 0 radical (unpaired) electrons. The zero-order valence-electron chi connectivity index (χ0n) is 18.9. The van der Waals surface area contributed by atoms with Gasteiger partial charge in [-0.1, -0.05) is 0 Å². The molecule has 1 unspecified atom stereocenters. The summed E-state index contributed by atoms with van der Waals surface area (Å²) in [6.45, 7) is 6.16. The second-order valence-electron chi connectivity index (χ2n) is 9.16. The first-order valence-corrected chi connectivity index (χ1v) is 10.8. The second-order valence-corrected chi connectivity index (χ2v) is 9.16. The lowest BCUT2D eigenvalue weighted by molar-refractivity contribution is -0.579. The third-order valence-corrected chi connectivity index (χ3v) is 5.36. The fraction of sp³-hybridized carbons (Fsp3) is 0.455. The van der Waals surface area contributed by atoms with Gasteiger partial charge in [0, 0.05) is 25.3 Å². The molecule has 1 aliphatic heterocycles. The minimum atomic E-state index is -4.70. The van der Waals surface area contributed by atoms with E-state index in [4.69, 9.17) is 4.74 Å². The topological polar surface area (TPSA) is 110 Å². The molecule has 0 spiro atoms. The predicted molar refractivity (Wildman–Crippen MR) is 118 cm³/mol. The largest absolute Gasteiger partial charge is 0.711 e. The molecule has 182 valence electrons. The molecule has 0 saturated carbocycles. The summed E-state index contributed by atoms with van der Waals surface area (Å²) in [6.07, 6.45) is -0.467. The minimum absolute atomic E-state index is 0.000630. The maximum atomic E-state index is 13.7. The van der Waals surface area contributed by atoms with Crippen LogP contribution in [0.4, 0.5) is 23.9 Å². The quantitative estimate of drug-likeness (QED) is 0.434. The lowest BCUT2D eigenvalue weighted by Gasteiger charge is -2.34. The van der Waals surface area contributed by atoms with E-state index in [1.165, 1.54) is 18.5 Å². The van der Waals surface area contributed by atoms with E-state index in [-0.39, 0.29) is 28.9 Å². The molecule has 4 rings (SSSR count). The number of amides is 1. The maximum absolute atomic E-state index is 13.7. The van der Waals surface area contributed by atoms with E-state index in [2.05, 4.69) is 20.3 Å². The van der Waals surface area contributed by atoms with Gasteiger partial charge in [-0.3, -0.25) is 0 Å². The third kappa shape index (κ3) is 5.00. The van der Waals surface area contributed by atoms with Gasteiger partial charge in [0.1, 0.15) is 11.2 Å². The van der Waals surface area contributed by atoms with E-state index in [0.717, 1.165) is 6.20 Å². The third-order valence-electron chi connectivity index (χ3n) is 5.36. The number of piperidine rings is 1. The number of halogens is 3. The number of hydrogen-bond donors (Lipinski definition) is 2. The van der Waals surface area contributed by atoms with Crippen LogP contribution in [0.5, 0.6) is 0 Å². The molecule has 1 saturated heterocycles. The fourth-order valence-corrected chi connectivity index (χ4v) is 3.90. The lowest BCUT2D eigenvalue weighted by atomic mass is 10.1. The zero-order chi connectivity index (χ0) is 24.7. The van der Waals surface area contributed by atoms with E-state index >= 15 is 0 Å². The van der Waals surface area contributed by atoms with E-state index in [9.17, 15) is 23.2 Å². The van der Waals surface area contributed by atoms with Crippen LogP contribution in [0.25, 0.3) is 22.3 Å². The number of aromatic nitrogens is 4. The smallest absolute Gasteiger partial charge is 0.419 e. The van der Waals surface area contributed by atoms with Crippen LogP contribution in [-0.4, -0.2) is 50.7 Å². The Balaban J connectivity index is 1.63. The van der Waals surface area contributed by atoms with Crippen LogP contribution in [0.15, 0.2) is 30.7 Å². The van der Waals surface area contributed by atoms with Crippen LogP contribution >= 0.6 is 0 Å². The molecule has 9 nitrogen and oxygen atoms in total. The number of hydrogen-bond acceptors (Lipinski definition) is 6. The molecular formula is C22H25F3N6O3. The van der Waals surface area contributed by atoms with Gasteiger partial charge in [0.15, 0.2) is 0 Å². The Labute approximate surface area is 193 Å². The number of alkyl halides is 3. The molecule has 3 aromatic heterocycles. The van der Waals surface area contributed by atoms with Crippen molar-refractivity contribution < 1.29 is 27.4 Å². The van der Waals surface area contributed by atoms with Crippen LogP contribution in [0.1, 0.15) is 39.2 Å². The van der Waals surface area contributed by atoms with Gasteiger partial charge in [-0.05, 0) is 45.7 Å². The molecule has 0 bridgehead atoms. The Bertz CT molecular complexity index is 1200. The molecule has 2 N–H and O–H groups in total. The second kappa shape index (κ2) is 8.65. The number of nitrogens with one attached hydrogen (secondary N) is 2. The van der Waals surface area contributed by atoms with Crippen LogP contribution in [0, 0.1) is 5.21 Å². The van der Waals surface area contributed by atoms with Gasteiger partial charge < -0.3 is 20.2 Å². The van der Waals surface area contributed by atoms with E-state index < -0.39 is 23.4 Å². The number of fused-ring (bicyclic) bond motifs is 1. The standard InChI is InChI=1S/C22H25F3N6O3/c1-21(2,3)34-20(32)30-8-4-6-13(12-30)28-19-27-11-16(22(23,24)25)17(29-19)15-10-26-18-14(15)7-5-9-31(18)33/h5,7,9-11,13,26H,4,6,8,12H2,1-3H3,(H,27,28,29). The van der Waals surface area contributed by atoms with Gasteiger partial charge in [-0.25, -0.2) is 24.5 Å². The summed E-state index contributed by atoms with van der Waals surface area (Å²) < 4.78 is 47.2. The fourth-order valence-electron chi connectivity index (χ4n) is 3.90. The Kier molecular flexibility index (Phi) is 6.00. The molecule has 3 aromatic rings. The highest BCUT2D eigenvalue weighted by Crippen LogP contribution is 2.38. The summed E-state index contributed by atoms with van der Waals surface area (Å²) in [4.78, 5) is 24.8. The van der Waals surface area contributed by atoms with E-state index in [1.54, 1.807) is 31.7 Å². The summed E-state index contributed by atoms with van der Waals surface area (Å²) in [7, 11) is 0. The van der Waals surface area contributed by atoms with Crippen molar-refractivity contribution in [2.75, 3.05) is 18.4 Å². The number of carbonyl (C=O) groups is 1. The number of pyridine rings is 1. The maximum Gasteiger partial charge on any atom is 0.419 e. The monoisotopic (exact) mass is 478 g/mol. The van der Waals surface area contributed by atoms with Gasteiger partial charge >= 0.3 is 12.3 Å². The van der Waals surface area contributed by atoms with Gasteiger partial charge in [0.2, 0.25) is 5.95 Å². The molecule has 1 fully saturated rings. The molecule has 4 heterocycles. The van der Waals surface area contributed by atoms with Crippen molar-refractivity contribution in [3.63, 3.8) is 0 Å². The number of aromatic amines is 1. The molecule has 1 aliphatic rings. The predicted octanol–water partition coefficient (Wildman–Crippen LogP) is 4.09. The van der Waals surface area contributed by atoms with Crippen LogP contribution in [-0.2, 0) is 10.9 Å². The normalized spacial score (nSPS) is 17.1. The van der Waals surface area contributed by atoms with Crippen molar-refractivity contribution in [3.05, 3.63) is 41.5 Å². The highest BCUT2D eigenvalue weighted by atomic mass is 19.4. The minimum Gasteiger partial charge on any atom is -0.711 e. The van der Waals surface area contributed by atoms with Crippen molar-refractivity contribution in [3.8, 4) is 11.3 Å². The molecule has 0 aromatic carbocycles. The Morgan fingerprint density at radius 2 is 2.12 bits per heavy atom.